The molecule has 0 aliphatic heterocycles. The van der Waals surface area contributed by atoms with E-state index >= 15 is 0 Å². The average molecular weight is 191 g/mol. The SMILES string of the molecule is [CH2]CC(COCOC)COCOC. The van der Waals surface area contributed by atoms with Gasteiger partial charge < -0.3 is 18.9 Å². The van der Waals surface area contributed by atoms with Gasteiger partial charge in [-0.05, 0) is 6.42 Å². The first-order valence-corrected chi connectivity index (χ1v) is 4.27. The van der Waals surface area contributed by atoms with Gasteiger partial charge >= 0.3 is 0 Å². The molecule has 0 aliphatic rings. The highest BCUT2D eigenvalue weighted by atomic mass is 16.7. The minimum absolute atomic E-state index is 0.310. The molecule has 0 rings (SSSR count). The Kier molecular flexibility index (Phi) is 9.80. The molecule has 0 fully saturated rings. The molecule has 4 nitrogen and oxygen atoms in total. The van der Waals surface area contributed by atoms with E-state index in [1.54, 1.807) is 14.2 Å². The second-order valence-electron chi connectivity index (χ2n) is 2.71. The van der Waals surface area contributed by atoms with Crippen LogP contribution >= 0.6 is 0 Å². The molecule has 0 aromatic carbocycles. The highest BCUT2D eigenvalue weighted by molar-refractivity contribution is 4.57. The Morgan fingerprint density at radius 3 is 1.77 bits per heavy atom. The third-order valence-corrected chi connectivity index (χ3v) is 1.52. The first-order valence-electron chi connectivity index (χ1n) is 4.27. The zero-order valence-electron chi connectivity index (χ0n) is 8.45. The Morgan fingerprint density at radius 1 is 1.00 bits per heavy atom. The van der Waals surface area contributed by atoms with Crippen LogP contribution in [-0.2, 0) is 18.9 Å². The molecule has 0 heterocycles. The van der Waals surface area contributed by atoms with E-state index in [2.05, 4.69) is 6.92 Å². The molecule has 0 N–H and O–H groups in total. The Balaban J connectivity index is 3.28. The first-order chi connectivity index (χ1) is 6.35. The van der Waals surface area contributed by atoms with Crippen LogP contribution in [0.2, 0.25) is 0 Å². The summed E-state index contributed by atoms with van der Waals surface area (Å²) in [5.41, 5.74) is 0. The summed E-state index contributed by atoms with van der Waals surface area (Å²) < 4.78 is 19.9. The molecule has 0 unspecified atom stereocenters. The number of rotatable bonds is 9. The van der Waals surface area contributed by atoms with Crippen LogP contribution in [-0.4, -0.2) is 41.0 Å². The van der Waals surface area contributed by atoms with E-state index in [0.29, 0.717) is 32.7 Å². The predicted octanol–water partition coefficient (Wildman–Crippen LogP) is 1.07. The number of methoxy groups -OCH3 is 2. The second kappa shape index (κ2) is 9.92. The Hall–Kier alpha value is -0.160. The molecule has 0 aromatic heterocycles. The summed E-state index contributed by atoms with van der Waals surface area (Å²) in [5, 5.41) is 0. The summed E-state index contributed by atoms with van der Waals surface area (Å²) >= 11 is 0. The van der Waals surface area contributed by atoms with Crippen molar-refractivity contribution in [3.05, 3.63) is 6.92 Å². The average Bonchev–Trinajstić information content (AvgIpc) is 2.16. The van der Waals surface area contributed by atoms with Crippen molar-refractivity contribution in [2.45, 2.75) is 6.42 Å². The summed E-state index contributed by atoms with van der Waals surface area (Å²) in [6.07, 6.45) is 0.785. The Morgan fingerprint density at radius 2 is 1.46 bits per heavy atom. The fraction of sp³-hybridized carbons (Fsp3) is 0.889. The van der Waals surface area contributed by atoms with Crippen molar-refractivity contribution < 1.29 is 18.9 Å². The zero-order valence-corrected chi connectivity index (χ0v) is 8.45. The van der Waals surface area contributed by atoms with Crippen molar-refractivity contribution in [2.75, 3.05) is 41.0 Å². The molecule has 0 amide bonds. The molecule has 0 atom stereocenters. The lowest BCUT2D eigenvalue weighted by molar-refractivity contribution is -0.0768. The minimum Gasteiger partial charge on any atom is -0.359 e. The maximum atomic E-state index is 5.18. The van der Waals surface area contributed by atoms with E-state index in [0.717, 1.165) is 6.42 Å². The topological polar surface area (TPSA) is 36.9 Å². The molecular weight excluding hydrogens is 172 g/mol. The number of hydrogen-bond acceptors (Lipinski definition) is 4. The van der Waals surface area contributed by atoms with Gasteiger partial charge in [-0.1, -0.05) is 6.92 Å². The van der Waals surface area contributed by atoms with Gasteiger partial charge in [0.15, 0.2) is 0 Å². The maximum absolute atomic E-state index is 5.18. The van der Waals surface area contributed by atoms with Crippen LogP contribution in [0.3, 0.4) is 0 Å². The standard InChI is InChI=1S/C9H19O4/c1-4-9(5-12-7-10-2)6-13-8-11-3/h9H,1,4-8H2,2-3H3. The molecule has 79 valence electrons. The third-order valence-electron chi connectivity index (χ3n) is 1.52. The van der Waals surface area contributed by atoms with Gasteiger partial charge in [-0.15, -0.1) is 0 Å². The molecule has 0 bridgehead atoms. The van der Waals surface area contributed by atoms with E-state index in [-0.39, 0.29) is 0 Å². The Labute approximate surface area is 80.1 Å². The van der Waals surface area contributed by atoms with E-state index in [4.69, 9.17) is 18.9 Å². The van der Waals surface area contributed by atoms with E-state index in [1.165, 1.54) is 0 Å². The van der Waals surface area contributed by atoms with Gasteiger partial charge in [0.05, 0.1) is 13.2 Å². The van der Waals surface area contributed by atoms with Crippen LogP contribution in [0.1, 0.15) is 6.42 Å². The summed E-state index contributed by atoms with van der Waals surface area (Å²) in [5.74, 6) is 0.310. The fourth-order valence-corrected chi connectivity index (χ4v) is 0.811. The summed E-state index contributed by atoms with van der Waals surface area (Å²) in [4.78, 5) is 0. The summed E-state index contributed by atoms with van der Waals surface area (Å²) in [6, 6.07) is 0. The molecule has 0 saturated heterocycles. The van der Waals surface area contributed by atoms with Gasteiger partial charge in [0.25, 0.3) is 0 Å². The fourth-order valence-electron chi connectivity index (χ4n) is 0.811. The molecule has 13 heavy (non-hydrogen) atoms. The van der Waals surface area contributed by atoms with Gasteiger partial charge in [0, 0.05) is 20.1 Å². The highest BCUT2D eigenvalue weighted by Gasteiger charge is 2.06. The van der Waals surface area contributed by atoms with Crippen LogP contribution in [0.4, 0.5) is 0 Å². The van der Waals surface area contributed by atoms with E-state index in [1.807, 2.05) is 0 Å². The van der Waals surface area contributed by atoms with Crippen LogP contribution in [0.5, 0.6) is 0 Å². The van der Waals surface area contributed by atoms with Crippen molar-refractivity contribution in [3.63, 3.8) is 0 Å². The van der Waals surface area contributed by atoms with Gasteiger partial charge in [-0.25, -0.2) is 0 Å². The quantitative estimate of drug-likeness (QED) is 0.403. The first kappa shape index (κ1) is 12.8. The molecule has 0 aromatic rings. The van der Waals surface area contributed by atoms with Crippen molar-refractivity contribution in [3.8, 4) is 0 Å². The lowest BCUT2D eigenvalue weighted by Gasteiger charge is -2.14. The maximum Gasteiger partial charge on any atom is 0.146 e. The van der Waals surface area contributed by atoms with Gasteiger partial charge in [-0.2, -0.15) is 0 Å². The lowest BCUT2D eigenvalue weighted by Crippen LogP contribution is -2.17. The molecule has 0 spiro atoms. The number of hydrogen-bond donors (Lipinski definition) is 0. The summed E-state index contributed by atoms with van der Waals surface area (Å²) in [6.45, 7) is 5.67. The van der Waals surface area contributed by atoms with Crippen LogP contribution < -0.4 is 0 Å². The minimum atomic E-state index is 0.310. The molecule has 0 aliphatic carbocycles. The van der Waals surface area contributed by atoms with Gasteiger partial charge in [0.1, 0.15) is 13.6 Å². The Bertz CT molecular complexity index is 87.6. The predicted molar refractivity (Wildman–Crippen MR) is 49.1 cm³/mol. The normalized spacial score (nSPS) is 11.1. The monoisotopic (exact) mass is 191 g/mol. The van der Waals surface area contributed by atoms with Crippen molar-refractivity contribution in [1.29, 1.82) is 0 Å². The number of ether oxygens (including phenoxy) is 4. The summed E-state index contributed by atoms with van der Waals surface area (Å²) in [7, 11) is 3.20. The van der Waals surface area contributed by atoms with Gasteiger partial charge in [0.2, 0.25) is 0 Å². The molecule has 0 saturated carbocycles. The van der Waals surface area contributed by atoms with E-state index in [9.17, 15) is 0 Å². The van der Waals surface area contributed by atoms with Crippen LogP contribution in [0.15, 0.2) is 0 Å². The van der Waals surface area contributed by atoms with Gasteiger partial charge in [-0.3, -0.25) is 0 Å². The third kappa shape index (κ3) is 8.18. The molecule has 4 heteroatoms. The second-order valence-corrected chi connectivity index (χ2v) is 2.71. The van der Waals surface area contributed by atoms with Crippen molar-refractivity contribution in [1.82, 2.24) is 0 Å². The lowest BCUT2D eigenvalue weighted by atomic mass is 10.1. The van der Waals surface area contributed by atoms with Crippen molar-refractivity contribution in [2.24, 2.45) is 5.92 Å². The smallest absolute Gasteiger partial charge is 0.146 e. The zero-order chi connectivity index (χ0) is 9.94. The van der Waals surface area contributed by atoms with Crippen LogP contribution in [0, 0.1) is 12.8 Å². The highest BCUT2D eigenvalue weighted by Crippen LogP contribution is 2.03. The molecule has 1 radical (unpaired) electrons. The van der Waals surface area contributed by atoms with Crippen LogP contribution in [0.25, 0.3) is 0 Å². The van der Waals surface area contributed by atoms with E-state index < -0.39 is 0 Å². The van der Waals surface area contributed by atoms with Crippen molar-refractivity contribution >= 4 is 0 Å². The molecular formula is C9H19O4. The largest absolute Gasteiger partial charge is 0.359 e.